The minimum absolute atomic E-state index is 0.108. The van der Waals surface area contributed by atoms with Crippen LogP contribution in [0, 0.1) is 0 Å². The van der Waals surface area contributed by atoms with Crippen molar-refractivity contribution in [3.8, 4) is 11.6 Å². The van der Waals surface area contributed by atoms with Gasteiger partial charge in [-0.1, -0.05) is 0 Å². The molecule has 0 bridgehead atoms. The summed E-state index contributed by atoms with van der Waals surface area (Å²) in [5, 5.41) is 0.124. The summed E-state index contributed by atoms with van der Waals surface area (Å²) in [6.45, 7) is 0. The average Bonchev–Trinajstić information content (AvgIpc) is 3.05. The lowest BCUT2D eigenvalue weighted by Crippen LogP contribution is -2.41. The molecule has 0 saturated carbocycles. The molecule has 0 unspecified atom stereocenters. The fourth-order valence-electron chi connectivity index (χ4n) is 2.56. The molecule has 16 heteroatoms. The molecule has 11 nitrogen and oxygen atoms in total. The Morgan fingerprint density at radius 2 is 1.88 bits per heavy atom. The Bertz CT molecular complexity index is 1440. The van der Waals surface area contributed by atoms with Crippen LogP contribution < -0.4 is 20.7 Å². The molecule has 0 atom stereocenters. The smallest absolute Gasteiger partial charge is 0.389 e. The summed E-state index contributed by atoms with van der Waals surface area (Å²) in [7, 11) is -0.897. The van der Waals surface area contributed by atoms with E-state index in [9.17, 15) is 36.0 Å². The van der Waals surface area contributed by atoms with Crippen molar-refractivity contribution in [2.24, 2.45) is 7.05 Å². The molecule has 0 spiro atoms. The molecular weight excluding hydrogens is 479 g/mol. The SMILES string of the molecule is CN(C)S(=O)(=O)NC(=O)Oc1nsc2ccc(-n3c(=O)cc(C(F)(F)F)n(C)c3=O)cc12. The minimum Gasteiger partial charge on any atom is -0.389 e. The second-order valence-electron chi connectivity index (χ2n) is 6.49. The van der Waals surface area contributed by atoms with Gasteiger partial charge in [0.25, 0.3) is 5.56 Å². The minimum atomic E-state index is -4.91. The van der Waals surface area contributed by atoms with E-state index in [1.54, 1.807) is 4.72 Å². The van der Waals surface area contributed by atoms with Gasteiger partial charge in [0, 0.05) is 27.2 Å². The molecule has 3 aromatic rings. The van der Waals surface area contributed by atoms with Gasteiger partial charge in [-0.2, -0.15) is 30.3 Å². The number of nitrogens with one attached hydrogen (secondary N) is 1. The van der Waals surface area contributed by atoms with Gasteiger partial charge in [-0.15, -0.1) is 0 Å². The summed E-state index contributed by atoms with van der Waals surface area (Å²) < 4.78 is 74.9. The van der Waals surface area contributed by atoms with Crippen molar-refractivity contribution >= 4 is 37.9 Å². The van der Waals surface area contributed by atoms with Crippen molar-refractivity contribution in [1.29, 1.82) is 0 Å². The van der Waals surface area contributed by atoms with Gasteiger partial charge in [-0.05, 0) is 29.7 Å². The van der Waals surface area contributed by atoms with Gasteiger partial charge >= 0.3 is 28.2 Å². The van der Waals surface area contributed by atoms with Crippen LogP contribution in [0.15, 0.2) is 33.9 Å². The second kappa shape index (κ2) is 8.03. The number of amides is 1. The molecule has 0 aliphatic carbocycles. The largest absolute Gasteiger partial charge is 0.431 e. The van der Waals surface area contributed by atoms with Crippen molar-refractivity contribution in [3.63, 3.8) is 0 Å². The van der Waals surface area contributed by atoms with Gasteiger partial charge in [0.15, 0.2) is 0 Å². The van der Waals surface area contributed by atoms with E-state index in [-0.39, 0.29) is 27.6 Å². The van der Waals surface area contributed by atoms with Gasteiger partial charge in [0.05, 0.1) is 15.8 Å². The Labute approximate surface area is 181 Å². The van der Waals surface area contributed by atoms with Crippen molar-refractivity contribution in [2.75, 3.05) is 14.1 Å². The molecule has 0 radical (unpaired) electrons. The van der Waals surface area contributed by atoms with E-state index in [0.717, 1.165) is 22.9 Å². The highest BCUT2D eigenvalue weighted by molar-refractivity contribution is 7.87. The molecule has 1 N–H and O–H groups in total. The maximum atomic E-state index is 13.0. The van der Waals surface area contributed by atoms with Crippen LogP contribution >= 0.6 is 11.5 Å². The van der Waals surface area contributed by atoms with Crippen molar-refractivity contribution in [2.45, 2.75) is 6.18 Å². The zero-order valence-corrected chi connectivity index (χ0v) is 18.1. The zero-order valence-electron chi connectivity index (χ0n) is 16.5. The number of hydrogen-bond donors (Lipinski definition) is 1. The first-order chi connectivity index (χ1) is 14.7. The normalized spacial score (nSPS) is 12.3. The summed E-state index contributed by atoms with van der Waals surface area (Å²) in [5.41, 5.74) is -3.99. The molecule has 0 aliphatic rings. The molecule has 0 fully saturated rings. The highest BCUT2D eigenvalue weighted by Gasteiger charge is 2.35. The van der Waals surface area contributed by atoms with Crippen LogP contribution in [-0.2, 0) is 23.4 Å². The van der Waals surface area contributed by atoms with Crippen molar-refractivity contribution in [1.82, 2.24) is 22.5 Å². The zero-order chi connectivity index (χ0) is 24.0. The van der Waals surface area contributed by atoms with E-state index < -0.39 is 39.4 Å². The summed E-state index contributed by atoms with van der Waals surface area (Å²) in [5.74, 6) is -0.324. The van der Waals surface area contributed by atoms with Crippen molar-refractivity contribution in [3.05, 3.63) is 50.8 Å². The fraction of sp³-hybridized carbons (Fsp3) is 0.250. The first-order valence-corrected chi connectivity index (χ1v) is 10.7. The molecule has 32 heavy (non-hydrogen) atoms. The lowest BCUT2D eigenvalue weighted by molar-refractivity contribution is -0.144. The molecule has 3 rings (SSSR count). The third-order valence-electron chi connectivity index (χ3n) is 4.17. The van der Waals surface area contributed by atoms with Crippen LogP contribution in [0.3, 0.4) is 0 Å². The van der Waals surface area contributed by atoms with Crippen LogP contribution in [0.25, 0.3) is 15.8 Å². The standard InChI is InChI=1S/C16H14F3N5O6S2/c1-22(2)32(28,29)21-14(26)30-13-9-6-8(4-5-10(9)31-20-13)24-12(25)7-11(16(17,18)19)23(3)15(24)27/h4-7H,1-3H3,(H,21,26). The number of aromatic nitrogens is 3. The molecule has 2 aromatic heterocycles. The molecule has 0 saturated heterocycles. The number of halogens is 3. The first-order valence-electron chi connectivity index (χ1n) is 8.44. The van der Waals surface area contributed by atoms with Gasteiger partial charge in [-0.3, -0.25) is 9.36 Å². The van der Waals surface area contributed by atoms with Gasteiger partial charge < -0.3 is 4.74 Å². The molecule has 2 heterocycles. The van der Waals surface area contributed by atoms with Gasteiger partial charge in [0.1, 0.15) is 5.69 Å². The van der Waals surface area contributed by atoms with Gasteiger partial charge in [-0.25, -0.2) is 18.9 Å². The van der Waals surface area contributed by atoms with E-state index >= 15 is 0 Å². The maximum absolute atomic E-state index is 13.0. The Morgan fingerprint density at radius 3 is 2.47 bits per heavy atom. The Kier molecular flexibility index (Phi) is 5.88. The average molecular weight is 493 g/mol. The summed E-state index contributed by atoms with van der Waals surface area (Å²) in [4.78, 5) is 36.7. The van der Waals surface area contributed by atoms with Crippen LogP contribution in [-0.4, -0.2) is 46.4 Å². The Morgan fingerprint density at radius 1 is 1.22 bits per heavy atom. The topological polar surface area (TPSA) is 133 Å². The highest BCUT2D eigenvalue weighted by Crippen LogP contribution is 2.31. The van der Waals surface area contributed by atoms with Crippen LogP contribution in [0.4, 0.5) is 18.0 Å². The molecule has 1 aromatic carbocycles. The fourth-order valence-corrected chi connectivity index (χ4v) is 3.68. The Balaban J connectivity index is 2.05. The number of rotatable bonds is 4. The number of fused-ring (bicyclic) bond motifs is 1. The number of carbonyl (C=O) groups excluding carboxylic acids is 1. The highest BCUT2D eigenvalue weighted by atomic mass is 32.2. The molecular formula is C16H14F3N5O6S2. The maximum Gasteiger partial charge on any atom is 0.431 e. The monoisotopic (exact) mass is 493 g/mol. The van der Waals surface area contributed by atoms with Crippen LogP contribution in [0.1, 0.15) is 5.69 Å². The van der Waals surface area contributed by atoms with Gasteiger partial charge in [0.2, 0.25) is 5.88 Å². The first kappa shape index (κ1) is 23.4. The van der Waals surface area contributed by atoms with E-state index in [2.05, 4.69) is 4.37 Å². The van der Waals surface area contributed by atoms with E-state index in [0.29, 0.717) is 9.27 Å². The number of benzene rings is 1. The predicted molar refractivity (Wildman–Crippen MR) is 107 cm³/mol. The lowest BCUT2D eigenvalue weighted by Gasteiger charge is -2.14. The third kappa shape index (κ3) is 4.37. The summed E-state index contributed by atoms with van der Waals surface area (Å²) in [6.07, 6.45) is -6.27. The number of nitrogens with zero attached hydrogens (tertiary/aromatic N) is 4. The predicted octanol–water partition coefficient (Wildman–Crippen LogP) is 1.06. The third-order valence-corrected chi connectivity index (χ3v) is 6.37. The van der Waals surface area contributed by atoms with Crippen LogP contribution in [0.2, 0.25) is 0 Å². The number of carbonyl (C=O) groups is 1. The summed E-state index contributed by atoms with van der Waals surface area (Å²) in [6, 6.07) is 4.20. The van der Waals surface area contributed by atoms with Crippen molar-refractivity contribution < 1.29 is 31.1 Å². The van der Waals surface area contributed by atoms with E-state index in [4.69, 9.17) is 4.74 Å². The number of hydrogen-bond acceptors (Lipinski definition) is 8. The quantitative estimate of drug-likeness (QED) is 0.575. The number of ether oxygens (including phenoxy) is 1. The van der Waals surface area contributed by atoms with E-state index in [1.165, 1.54) is 32.3 Å². The lowest BCUT2D eigenvalue weighted by atomic mass is 10.2. The van der Waals surface area contributed by atoms with E-state index in [1.807, 2.05) is 0 Å². The Hall–Kier alpha value is -3.24. The van der Waals surface area contributed by atoms with Crippen LogP contribution in [0.5, 0.6) is 5.88 Å². The number of alkyl halides is 3. The second-order valence-corrected chi connectivity index (χ2v) is 9.18. The molecule has 0 aliphatic heterocycles. The summed E-state index contributed by atoms with van der Waals surface area (Å²) >= 11 is 0.867. The molecule has 172 valence electrons. The molecule has 1 amide bonds.